The first-order chi connectivity index (χ1) is 9.41. The first-order valence-corrected chi connectivity index (χ1v) is 7.09. The van der Waals surface area contributed by atoms with Crippen molar-refractivity contribution in [2.75, 3.05) is 13.7 Å². The molecule has 0 radical (unpaired) electrons. The molecule has 1 aromatic rings. The molecule has 2 unspecified atom stereocenters. The number of hydrogen-bond acceptors (Lipinski definition) is 3. The number of benzene rings is 1. The Labute approximate surface area is 119 Å². The van der Waals surface area contributed by atoms with E-state index in [4.69, 9.17) is 9.47 Å². The van der Waals surface area contributed by atoms with Crippen molar-refractivity contribution in [3.63, 3.8) is 0 Å². The first kappa shape index (κ1) is 15.3. The summed E-state index contributed by atoms with van der Waals surface area (Å²) in [6.07, 6.45) is 2.16. The highest BCUT2D eigenvalue weighted by molar-refractivity contribution is 5.32. The molecule has 1 aliphatic rings. The average molecular weight is 282 g/mol. The molecule has 1 aromatic carbocycles. The van der Waals surface area contributed by atoms with Crippen molar-refractivity contribution in [2.24, 2.45) is 0 Å². The summed E-state index contributed by atoms with van der Waals surface area (Å²) in [4.78, 5) is 0. The predicted octanol–water partition coefficient (Wildman–Crippen LogP) is 3.09. The van der Waals surface area contributed by atoms with Crippen LogP contribution in [0.5, 0.6) is 5.75 Å². The molecule has 1 saturated heterocycles. The molecule has 0 saturated carbocycles. The van der Waals surface area contributed by atoms with E-state index in [-0.39, 0.29) is 23.6 Å². The fraction of sp³-hybridized carbons (Fsp3) is 0.625. The summed E-state index contributed by atoms with van der Waals surface area (Å²) >= 11 is 0. The fourth-order valence-electron chi connectivity index (χ4n) is 2.91. The van der Waals surface area contributed by atoms with Crippen LogP contribution in [0, 0.1) is 5.82 Å². The van der Waals surface area contributed by atoms with Crippen molar-refractivity contribution in [1.82, 2.24) is 0 Å². The van der Waals surface area contributed by atoms with E-state index in [0.29, 0.717) is 25.0 Å². The Bertz CT molecular complexity index is 477. The van der Waals surface area contributed by atoms with Gasteiger partial charge in [-0.3, -0.25) is 0 Å². The topological polar surface area (TPSA) is 38.7 Å². The molecule has 1 heterocycles. The van der Waals surface area contributed by atoms with Crippen LogP contribution in [0.4, 0.5) is 4.39 Å². The van der Waals surface area contributed by atoms with Gasteiger partial charge in [0.15, 0.2) is 11.6 Å². The Balaban J connectivity index is 2.20. The molecule has 2 atom stereocenters. The van der Waals surface area contributed by atoms with Crippen LogP contribution in [-0.2, 0) is 11.2 Å². The molecule has 0 amide bonds. The Kier molecular flexibility index (Phi) is 4.35. The zero-order valence-electron chi connectivity index (χ0n) is 12.4. The Morgan fingerprint density at radius 2 is 2.20 bits per heavy atom. The summed E-state index contributed by atoms with van der Waals surface area (Å²) in [5.41, 5.74) is -0.759. The van der Waals surface area contributed by atoms with Gasteiger partial charge in [0.1, 0.15) is 0 Å². The van der Waals surface area contributed by atoms with Crippen molar-refractivity contribution < 1.29 is 19.0 Å². The van der Waals surface area contributed by atoms with Crippen LogP contribution < -0.4 is 4.74 Å². The number of methoxy groups -OCH3 is 1. The van der Waals surface area contributed by atoms with E-state index >= 15 is 0 Å². The van der Waals surface area contributed by atoms with Gasteiger partial charge in [0, 0.05) is 12.8 Å². The normalized spacial score (nSPS) is 30.2. The Morgan fingerprint density at radius 1 is 1.45 bits per heavy atom. The second-order valence-electron chi connectivity index (χ2n) is 5.91. The second-order valence-corrected chi connectivity index (χ2v) is 5.91. The molecular formula is C16H23FO3. The molecular weight excluding hydrogens is 259 g/mol. The minimum absolute atomic E-state index is 0.219. The van der Waals surface area contributed by atoms with Gasteiger partial charge in [-0.05, 0) is 31.4 Å². The van der Waals surface area contributed by atoms with Gasteiger partial charge in [-0.25, -0.2) is 4.39 Å². The van der Waals surface area contributed by atoms with E-state index < -0.39 is 5.60 Å². The Hall–Kier alpha value is -1.13. The monoisotopic (exact) mass is 282 g/mol. The van der Waals surface area contributed by atoms with E-state index in [2.05, 4.69) is 0 Å². The summed E-state index contributed by atoms with van der Waals surface area (Å²) in [6.45, 7) is 4.54. The summed E-state index contributed by atoms with van der Waals surface area (Å²) in [5, 5.41) is 10.8. The summed E-state index contributed by atoms with van der Waals surface area (Å²) in [5.74, 6) is -0.162. The van der Waals surface area contributed by atoms with Crippen LogP contribution in [0.25, 0.3) is 0 Å². The average Bonchev–Trinajstić information content (AvgIpc) is 2.41. The maximum absolute atomic E-state index is 14.2. The third-order valence-electron chi connectivity index (χ3n) is 4.25. The van der Waals surface area contributed by atoms with Crippen LogP contribution in [0.1, 0.15) is 38.7 Å². The molecule has 3 nitrogen and oxygen atoms in total. The SMILES string of the molecule is CCC1(C)CC(O)(Cc2cccc(OC)c2F)CCO1. The first-order valence-electron chi connectivity index (χ1n) is 7.09. The fourth-order valence-corrected chi connectivity index (χ4v) is 2.91. The van der Waals surface area contributed by atoms with Crippen LogP contribution in [0.2, 0.25) is 0 Å². The number of halogens is 1. The lowest BCUT2D eigenvalue weighted by molar-refractivity contribution is -0.153. The molecule has 0 bridgehead atoms. The third-order valence-corrected chi connectivity index (χ3v) is 4.25. The summed E-state index contributed by atoms with van der Waals surface area (Å²) < 4.78 is 24.9. The van der Waals surface area contributed by atoms with Gasteiger partial charge in [-0.1, -0.05) is 19.1 Å². The van der Waals surface area contributed by atoms with Crippen molar-refractivity contribution in [1.29, 1.82) is 0 Å². The van der Waals surface area contributed by atoms with Crippen molar-refractivity contribution in [3.8, 4) is 5.75 Å². The molecule has 2 rings (SSSR count). The zero-order chi connectivity index (χ0) is 14.8. The maximum atomic E-state index is 14.2. The minimum atomic E-state index is -0.920. The smallest absolute Gasteiger partial charge is 0.168 e. The largest absolute Gasteiger partial charge is 0.494 e. The lowest BCUT2D eigenvalue weighted by Crippen LogP contribution is -2.48. The number of rotatable bonds is 4. The number of hydrogen-bond donors (Lipinski definition) is 1. The van der Waals surface area contributed by atoms with Gasteiger partial charge in [0.2, 0.25) is 0 Å². The number of aliphatic hydroxyl groups is 1. The lowest BCUT2D eigenvalue weighted by atomic mass is 9.78. The highest BCUT2D eigenvalue weighted by Gasteiger charge is 2.41. The molecule has 0 spiro atoms. The molecule has 4 heteroatoms. The molecule has 0 aromatic heterocycles. The van der Waals surface area contributed by atoms with Crippen LogP contribution >= 0.6 is 0 Å². The van der Waals surface area contributed by atoms with E-state index in [1.807, 2.05) is 13.8 Å². The highest BCUT2D eigenvalue weighted by Crippen LogP contribution is 2.37. The van der Waals surface area contributed by atoms with Crippen LogP contribution in [-0.4, -0.2) is 30.0 Å². The van der Waals surface area contributed by atoms with E-state index in [1.165, 1.54) is 7.11 Å². The van der Waals surface area contributed by atoms with E-state index in [9.17, 15) is 9.50 Å². The van der Waals surface area contributed by atoms with Gasteiger partial charge in [0.05, 0.1) is 24.9 Å². The van der Waals surface area contributed by atoms with Gasteiger partial charge >= 0.3 is 0 Å². The maximum Gasteiger partial charge on any atom is 0.168 e. The van der Waals surface area contributed by atoms with Crippen LogP contribution in [0.3, 0.4) is 0 Å². The van der Waals surface area contributed by atoms with E-state index in [1.54, 1.807) is 18.2 Å². The third kappa shape index (κ3) is 3.13. The Morgan fingerprint density at radius 3 is 2.85 bits per heavy atom. The molecule has 1 N–H and O–H groups in total. The number of ether oxygens (including phenoxy) is 2. The van der Waals surface area contributed by atoms with Crippen LogP contribution in [0.15, 0.2) is 18.2 Å². The van der Waals surface area contributed by atoms with Gasteiger partial charge in [0.25, 0.3) is 0 Å². The van der Waals surface area contributed by atoms with Crippen molar-refractivity contribution in [3.05, 3.63) is 29.6 Å². The molecule has 20 heavy (non-hydrogen) atoms. The quantitative estimate of drug-likeness (QED) is 0.922. The highest BCUT2D eigenvalue weighted by atomic mass is 19.1. The van der Waals surface area contributed by atoms with E-state index in [0.717, 1.165) is 6.42 Å². The van der Waals surface area contributed by atoms with Crippen molar-refractivity contribution >= 4 is 0 Å². The standard InChI is InChI=1S/C16H23FO3/c1-4-15(2)11-16(18,8-9-20-15)10-12-6-5-7-13(19-3)14(12)17/h5-7,18H,4,8-11H2,1-3H3. The summed E-state index contributed by atoms with van der Waals surface area (Å²) in [6, 6.07) is 5.04. The van der Waals surface area contributed by atoms with Gasteiger partial charge in [-0.2, -0.15) is 0 Å². The van der Waals surface area contributed by atoms with Gasteiger partial charge < -0.3 is 14.6 Å². The van der Waals surface area contributed by atoms with Gasteiger partial charge in [-0.15, -0.1) is 0 Å². The second kappa shape index (κ2) is 5.70. The predicted molar refractivity (Wildman–Crippen MR) is 75.5 cm³/mol. The molecule has 0 aliphatic carbocycles. The molecule has 112 valence electrons. The zero-order valence-corrected chi connectivity index (χ0v) is 12.4. The minimum Gasteiger partial charge on any atom is -0.494 e. The van der Waals surface area contributed by atoms with Crippen molar-refractivity contribution in [2.45, 2.75) is 50.7 Å². The molecule has 1 aliphatic heterocycles. The molecule has 1 fully saturated rings. The summed E-state index contributed by atoms with van der Waals surface area (Å²) in [7, 11) is 1.44. The lowest BCUT2D eigenvalue weighted by Gasteiger charge is -2.43.